The second kappa shape index (κ2) is 7.41. The van der Waals surface area contributed by atoms with E-state index in [1.807, 2.05) is 14.0 Å². The molecular weight excluding hydrogens is 244 g/mol. The molecule has 0 aromatic heterocycles. The van der Waals surface area contributed by atoms with Crippen LogP contribution in [0, 0.1) is 0 Å². The van der Waals surface area contributed by atoms with Gasteiger partial charge in [0.15, 0.2) is 0 Å². The van der Waals surface area contributed by atoms with E-state index >= 15 is 0 Å². The number of likely N-dealkylation sites (N-methyl/N-ethyl adjacent to an activating group) is 1. The fraction of sp³-hybridized carbons (Fsp3) is 0.700. The Morgan fingerprint density at radius 1 is 1.59 bits per heavy atom. The third-order valence-electron chi connectivity index (χ3n) is 2.23. The molecular formula is C10H20N2O4S. The van der Waals surface area contributed by atoms with E-state index in [1.54, 1.807) is 0 Å². The average Bonchev–Trinajstić information content (AvgIpc) is 2.14. The highest BCUT2D eigenvalue weighted by atomic mass is 32.2. The smallest absolute Gasteiger partial charge is 0.243 e. The van der Waals surface area contributed by atoms with Crippen molar-refractivity contribution in [1.29, 1.82) is 0 Å². The molecule has 0 aromatic carbocycles. The average molecular weight is 264 g/mol. The summed E-state index contributed by atoms with van der Waals surface area (Å²) in [6, 6.07) is -0.0237. The van der Waals surface area contributed by atoms with Gasteiger partial charge in [-0.3, -0.25) is 4.79 Å². The number of nitrogens with one attached hydrogen (secondary N) is 2. The molecule has 0 radical (unpaired) electrons. The van der Waals surface area contributed by atoms with Gasteiger partial charge in [0.2, 0.25) is 5.91 Å². The minimum Gasteiger partial charge on any atom is -0.748 e. The van der Waals surface area contributed by atoms with Crippen molar-refractivity contribution < 1.29 is 22.7 Å². The molecule has 0 rings (SSSR count). The van der Waals surface area contributed by atoms with Crippen LogP contribution < -0.4 is 10.2 Å². The molecule has 2 atom stereocenters. The number of amides is 1. The van der Waals surface area contributed by atoms with Gasteiger partial charge in [0, 0.05) is 12.2 Å². The fourth-order valence-corrected chi connectivity index (χ4v) is 2.03. The largest absolute Gasteiger partial charge is 0.748 e. The Balaban J connectivity index is 3.82. The first-order chi connectivity index (χ1) is 7.74. The molecule has 0 saturated carbocycles. The first kappa shape index (κ1) is 16.1. The van der Waals surface area contributed by atoms with E-state index in [4.69, 9.17) is 0 Å². The molecule has 0 aromatic rings. The van der Waals surface area contributed by atoms with Crippen molar-refractivity contribution in [1.82, 2.24) is 5.32 Å². The van der Waals surface area contributed by atoms with Crippen LogP contribution >= 0.6 is 0 Å². The van der Waals surface area contributed by atoms with E-state index < -0.39 is 10.1 Å². The Bertz CT molecular complexity index is 353. The summed E-state index contributed by atoms with van der Waals surface area (Å²) in [6.45, 7) is 6.45. The van der Waals surface area contributed by atoms with Gasteiger partial charge >= 0.3 is 0 Å². The van der Waals surface area contributed by atoms with Crippen LogP contribution in [-0.4, -0.2) is 50.8 Å². The molecule has 0 aliphatic rings. The van der Waals surface area contributed by atoms with Gasteiger partial charge in [0.25, 0.3) is 0 Å². The highest BCUT2D eigenvalue weighted by Gasteiger charge is 2.10. The van der Waals surface area contributed by atoms with Gasteiger partial charge in [0.1, 0.15) is 0 Å². The monoisotopic (exact) mass is 264 g/mol. The molecule has 6 nitrogen and oxygen atoms in total. The van der Waals surface area contributed by atoms with Gasteiger partial charge in [-0.1, -0.05) is 6.58 Å². The maximum atomic E-state index is 11.0. The van der Waals surface area contributed by atoms with Gasteiger partial charge in [-0.25, -0.2) is 8.42 Å². The number of rotatable bonds is 8. The maximum Gasteiger partial charge on any atom is 0.243 e. The van der Waals surface area contributed by atoms with Crippen molar-refractivity contribution in [2.75, 3.05) is 25.9 Å². The summed E-state index contributed by atoms with van der Waals surface area (Å²) in [5, 5.41) is 2.71. The first-order valence-corrected chi connectivity index (χ1v) is 7.00. The zero-order valence-corrected chi connectivity index (χ0v) is 11.0. The number of hydrogen-bond donors (Lipinski definition) is 2. The van der Waals surface area contributed by atoms with Crippen LogP contribution in [-0.2, 0) is 14.9 Å². The lowest BCUT2D eigenvalue weighted by Gasteiger charge is -2.19. The molecule has 2 N–H and O–H groups in total. The Kier molecular flexibility index (Phi) is 7.01. The van der Waals surface area contributed by atoms with Crippen LogP contribution in [0.3, 0.4) is 0 Å². The lowest BCUT2D eigenvalue weighted by atomic mass is 10.3. The zero-order chi connectivity index (χ0) is 13.5. The molecule has 0 spiro atoms. The second-order valence-corrected chi connectivity index (χ2v) is 5.66. The lowest BCUT2D eigenvalue weighted by Crippen LogP contribution is -3.10. The Hall–Kier alpha value is -0.920. The SMILES string of the molecule is C=CC(=O)NC(C)C[NH+](C)CCCS(=O)(=O)[O-]. The van der Waals surface area contributed by atoms with Gasteiger partial charge in [0.05, 0.1) is 36.3 Å². The molecule has 17 heavy (non-hydrogen) atoms. The van der Waals surface area contributed by atoms with Crippen molar-refractivity contribution in [3.63, 3.8) is 0 Å². The van der Waals surface area contributed by atoms with Gasteiger partial charge in [-0.15, -0.1) is 0 Å². The highest BCUT2D eigenvalue weighted by Crippen LogP contribution is 1.84. The van der Waals surface area contributed by atoms with Gasteiger partial charge in [-0.05, 0) is 13.0 Å². The molecule has 0 heterocycles. The number of carbonyl (C=O) groups is 1. The predicted octanol–water partition coefficient (Wildman–Crippen LogP) is -1.87. The van der Waals surface area contributed by atoms with Crippen molar-refractivity contribution in [2.24, 2.45) is 0 Å². The number of hydrogen-bond acceptors (Lipinski definition) is 4. The summed E-state index contributed by atoms with van der Waals surface area (Å²) >= 11 is 0. The molecule has 0 saturated heterocycles. The maximum absolute atomic E-state index is 11.0. The molecule has 0 aliphatic carbocycles. The standard InChI is InChI=1S/C10H20N2O4S/c1-4-10(13)11-9(2)8-12(3)6-5-7-17(14,15)16/h4,9H,1,5-8H2,2-3H3,(H,11,13)(H,14,15,16). The van der Waals surface area contributed by atoms with Crippen molar-refractivity contribution in [2.45, 2.75) is 19.4 Å². The van der Waals surface area contributed by atoms with E-state index in [2.05, 4.69) is 11.9 Å². The van der Waals surface area contributed by atoms with Crippen LogP contribution in [0.1, 0.15) is 13.3 Å². The lowest BCUT2D eigenvalue weighted by molar-refractivity contribution is -0.880. The van der Waals surface area contributed by atoms with Crippen LogP contribution in [0.15, 0.2) is 12.7 Å². The zero-order valence-electron chi connectivity index (χ0n) is 10.2. The topological polar surface area (TPSA) is 90.7 Å². The summed E-state index contributed by atoms with van der Waals surface area (Å²) in [6.07, 6.45) is 1.54. The van der Waals surface area contributed by atoms with Crippen LogP contribution in [0.5, 0.6) is 0 Å². The minimum atomic E-state index is -4.12. The third kappa shape index (κ3) is 9.98. The van der Waals surface area contributed by atoms with E-state index in [1.165, 1.54) is 6.08 Å². The van der Waals surface area contributed by atoms with Crippen LogP contribution in [0.2, 0.25) is 0 Å². The van der Waals surface area contributed by atoms with Crippen LogP contribution in [0.25, 0.3) is 0 Å². The van der Waals surface area contributed by atoms with Crippen molar-refractivity contribution >= 4 is 16.0 Å². The Labute approximate surface area is 102 Å². The number of quaternary nitrogens is 1. The summed E-state index contributed by atoms with van der Waals surface area (Å²) in [7, 11) is -2.23. The molecule has 7 heteroatoms. The fourth-order valence-electron chi connectivity index (χ4n) is 1.53. The molecule has 0 fully saturated rings. The normalized spacial score (nSPS) is 15.0. The number of carbonyl (C=O) groups excluding carboxylic acids is 1. The summed E-state index contributed by atoms with van der Waals surface area (Å²) in [5.74, 6) is -0.565. The summed E-state index contributed by atoms with van der Waals surface area (Å²) in [4.78, 5) is 12.1. The van der Waals surface area contributed by atoms with Gasteiger partial charge in [-0.2, -0.15) is 0 Å². The van der Waals surface area contributed by atoms with Crippen LogP contribution in [0.4, 0.5) is 0 Å². The molecule has 0 aliphatic heterocycles. The van der Waals surface area contributed by atoms with Gasteiger partial charge < -0.3 is 14.8 Å². The van der Waals surface area contributed by atoms with E-state index in [0.717, 1.165) is 4.90 Å². The minimum absolute atomic E-state index is 0.0237. The van der Waals surface area contributed by atoms with E-state index in [0.29, 0.717) is 19.5 Å². The van der Waals surface area contributed by atoms with Crippen molar-refractivity contribution in [3.05, 3.63) is 12.7 Å². The molecule has 100 valence electrons. The molecule has 1 amide bonds. The summed E-state index contributed by atoms with van der Waals surface area (Å²) in [5.41, 5.74) is 0. The quantitative estimate of drug-likeness (QED) is 0.397. The first-order valence-electron chi connectivity index (χ1n) is 5.42. The third-order valence-corrected chi connectivity index (χ3v) is 3.02. The summed E-state index contributed by atoms with van der Waals surface area (Å²) < 4.78 is 31.2. The molecule has 0 bridgehead atoms. The Morgan fingerprint density at radius 3 is 2.65 bits per heavy atom. The molecule has 2 unspecified atom stereocenters. The Morgan fingerprint density at radius 2 is 2.18 bits per heavy atom. The van der Waals surface area contributed by atoms with E-state index in [-0.39, 0.29) is 17.7 Å². The van der Waals surface area contributed by atoms with Crippen molar-refractivity contribution in [3.8, 4) is 0 Å². The highest BCUT2D eigenvalue weighted by molar-refractivity contribution is 7.85. The second-order valence-electron chi connectivity index (χ2n) is 4.14. The van der Waals surface area contributed by atoms with E-state index in [9.17, 15) is 17.8 Å². The predicted molar refractivity (Wildman–Crippen MR) is 63.6 cm³/mol.